The van der Waals surface area contributed by atoms with Crippen molar-refractivity contribution in [2.45, 2.75) is 13.1 Å². The second kappa shape index (κ2) is 7.70. The number of rotatable bonds is 4. The minimum absolute atomic E-state index is 1.02. The van der Waals surface area contributed by atoms with Gasteiger partial charge in [-0.05, 0) is 46.2 Å². The average Bonchev–Trinajstić information content (AvgIpc) is 2.75. The highest BCUT2D eigenvalue weighted by atomic mass is 15.3. The van der Waals surface area contributed by atoms with Gasteiger partial charge in [0.15, 0.2) is 0 Å². The van der Waals surface area contributed by atoms with Crippen molar-refractivity contribution >= 4 is 21.7 Å². The summed E-state index contributed by atoms with van der Waals surface area (Å²) in [5.41, 5.74) is 3.86. The molecular formula is C25H25N3. The maximum Gasteiger partial charge on any atom is 0.0702 e. The number of pyridine rings is 1. The number of benzene rings is 3. The van der Waals surface area contributed by atoms with E-state index in [4.69, 9.17) is 0 Å². The molecule has 140 valence electrons. The monoisotopic (exact) mass is 367 g/mol. The summed E-state index contributed by atoms with van der Waals surface area (Å²) in [4.78, 5) is 9.56. The summed E-state index contributed by atoms with van der Waals surface area (Å²) in [5, 5.41) is 3.89. The molecule has 0 N–H and O–H groups in total. The highest BCUT2D eigenvalue weighted by Gasteiger charge is 2.17. The van der Waals surface area contributed by atoms with Gasteiger partial charge in [0.05, 0.1) is 5.52 Å². The van der Waals surface area contributed by atoms with Gasteiger partial charge in [-0.15, -0.1) is 0 Å². The van der Waals surface area contributed by atoms with E-state index in [1.165, 1.54) is 27.3 Å². The maximum absolute atomic E-state index is 4.42. The fourth-order valence-corrected chi connectivity index (χ4v) is 4.18. The molecule has 0 bridgehead atoms. The Balaban J connectivity index is 1.19. The Morgan fingerprint density at radius 3 is 1.96 bits per heavy atom. The Labute approximate surface area is 166 Å². The highest BCUT2D eigenvalue weighted by Crippen LogP contribution is 2.19. The molecule has 1 fully saturated rings. The van der Waals surface area contributed by atoms with Crippen LogP contribution in [0.2, 0.25) is 0 Å². The molecule has 28 heavy (non-hydrogen) atoms. The molecule has 0 spiro atoms. The summed E-state index contributed by atoms with van der Waals surface area (Å²) in [6, 6.07) is 26.3. The van der Waals surface area contributed by atoms with Crippen LogP contribution in [0.1, 0.15) is 11.1 Å². The van der Waals surface area contributed by atoms with E-state index in [1.54, 1.807) is 0 Å². The van der Waals surface area contributed by atoms with Crippen LogP contribution in [0.25, 0.3) is 21.7 Å². The normalized spacial score (nSPS) is 16.0. The Morgan fingerprint density at radius 2 is 1.21 bits per heavy atom. The predicted molar refractivity (Wildman–Crippen MR) is 116 cm³/mol. The molecule has 3 aromatic carbocycles. The molecule has 1 saturated heterocycles. The van der Waals surface area contributed by atoms with E-state index in [9.17, 15) is 0 Å². The summed E-state index contributed by atoms with van der Waals surface area (Å²) in [6.07, 6.45) is 1.86. The number of piperazine rings is 1. The third-order valence-corrected chi connectivity index (χ3v) is 5.76. The van der Waals surface area contributed by atoms with E-state index < -0.39 is 0 Å². The maximum atomic E-state index is 4.42. The number of aromatic nitrogens is 1. The van der Waals surface area contributed by atoms with Gasteiger partial charge in [-0.1, -0.05) is 48.5 Å². The fraction of sp³-hybridized carbons (Fsp3) is 0.240. The molecular weight excluding hydrogens is 342 g/mol. The molecule has 0 aliphatic carbocycles. The van der Waals surface area contributed by atoms with Gasteiger partial charge < -0.3 is 0 Å². The van der Waals surface area contributed by atoms with Crippen molar-refractivity contribution in [1.82, 2.24) is 14.8 Å². The molecule has 4 aromatic rings. The van der Waals surface area contributed by atoms with E-state index in [0.29, 0.717) is 0 Å². The Bertz CT molecular complexity index is 1010. The van der Waals surface area contributed by atoms with Crippen LogP contribution in [0.3, 0.4) is 0 Å². The van der Waals surface area contributed by atoms with E-state index in [0.717, 1.165) is 44.8 Å². The zero-order valence-corrected chi connectivity index (χ0v) is 16.1. The smallest absolute Gasteiger partial charge is 0.0702 e. The van der Waals surface area contributed by atoms with E-state index in [2.05, 4.69) is 81.5 Å². The Morgan fingerprint density at radius 1 is 0.607 bits per heavy atom. The fourth-order valence-electron chi connectivity index (χ4n) is 4.18. The van der Waals surface area contributed by atoms with Crippen LogP contribution < -0.4 is 0 Å². The molecule has 0 radical (unpaired) electrons. The van der Waals surface area contributed by atoms with Crippen molar-refractivity contribution in [3.63, 3.8) is 0 Å². The Hall–Kier alpha value is -2.75. The molecule has 2 heterocycles. The van der Waals surface area contributed by atoms with Crippen LogP contribution in [-0.4, -0.2) is 41.0 Å². The van der Waals surface area contributed by atoms with Crippen LogP contribution in [0, 0.1) is 0 Å². The van der Waals surface area contributed by atoms with Crippen molar-refractivity contribution in [3.8, 4) is 0 Å². The second-order valence-electron chi connectivity index (χ2n) is 7.76. The highest BCUT2D eigenvalue weighted by molar-refractivity contribution is 5.83. The predicted octanol–water partition coefficient (Wildman–Crippen LogP) is 4.71. The van der Waals surface area contributed by atoms with E-state index >= 15 is 0 Å². The van der Waals surface area contributed by atoms with Gasteiger partial charge in [-0.2, -0.15) is 0 Å². The summed E-state index contributed by atoms with van der Waals surface area (Å²) in [7, 11) is 0. The first-order valence-electron chi connectivity index (χ1n) is 10.1. The van der Waals surface area contributed by atoms with Gasteiger partial charge in [-0.25, -0.2) is 0 Å². The molecule has 3 heteroatoms. The van der Waals surface area contributed by atoms with Gasteiger partial charge in [0, 0.05) is 50.9 Å². The minimum Gasteiger partial charge on any atom is -0.297 e. The largest absolute Gasteiger partial charge is 0.297 e. The van der Waals surface area contributed by atoms with Crippen molar-refractivity contribution in [1.29, 1.82) is 0 Å². The van der Waals surface area contributed by atoms with Gasteiger partial charge in [-0.3, -0.25) is 14.8 Å². The zero-order valence-electron chi connectivity index (χ0n) is 16.1. The van der Waals surface area contributed by atoms with Crippen LogP contribution in [0.4, 0.5) is 0 Å². The first kappa shape index (κ1) is 17.4. The lowest BCUT2D eigenvalue weighted by molar-refractivity contribution is 0.122. The number of fused-ring (bicyclic) bond motifs is 2. The molecule has 1 aromatic heterocycles. The third-order valence-electron chi connectivity index (χ3n) is 5.76. The van der Waals surface area contributed by atoms with Crippen LogP contribution in [0.15, 0.2) is 79.0 Å². The van der Waals surface area contributed by atoms with Gasteiger partial charge in [0.25, 0.3) is 0 Å². The summed E-state index contributed by atoms with van der Waals surface area (Å²) in [6.45, 7) is 6.57. The zero-order chi connectivity index (χ0) is 18.8. The van der Waals surface area contributed by atoms with Crippen LogP contribution in [0.5, 0.6) is 0 Å². The summed E-state index contributed by atoms with van der Waals surface area (Å²) >= 11 is 0. The first-order chi connectivity index (χ1) is 13.8. The van der Waals surface area contributed by atoms with E-state index in [1.807, 2.05) is 12.3 Å². The van der Waals surface area contributed by atoms with Crippen molar-refractivity contribution in [2.75, 3.05) is 26.2 Å². The van der Waals surface area contributed by atoms with Crippen LogP contribution >= 0.6 is 0 Å². The summed E-state index contributed by atoms with van der Waals surface area (Å²) < 4.78 is 0. The topological polar surface area (TPSA) is 19.4 Å². The standard InChI is InChI=1S/C25H25N3/c1-2-5-23-16-20(7-9-22(23)4-1)18-27-12-14-28(15-13-27)19-21-8-10-25-24(17-21)6-3-11-26-25/h1-11,16-17H,12-15,18-19H2. The lowest BCUT2D eigenvalue weighted by Crippen LogP contribution is -2.45. The Kier molecular flexibility index (Phi) is 4.78. The van der Waals surface area contributed by atoms with Crippen LogP contribution in [-0.2, 0) is 13.1 Å². The van der Waals surface area contributed by atoms with Gasteiger partial charge in [0.1, 0.15) is 0 Å². The molecule has 1 aliphatic rings. The second-order valence-corrected chi connectivity index (χ2v) is 7.76. The SMILES string of the molecule is c1ccc2cc(CN3CCN(Cc4ccc5ncccc5c4)CC3)ccc2c1. The molecule has 0 amide bonds. The number of nitrogens with zero attached hydrogens (tertiary/aromatic N) is 3. The minimum atomic E-state index is 1.02. The summed E-state index contributed by atoms with van der Waals surface area (Å²) in [5.74, 6) is 0. The number of hydrogen-bond acceptors (Lipinski definition) is 3. The first-order valence-corrected chi connectivity index (χ1v) is 10.1. The van der Waals surface area contributed by atoms with Crippen molar-refractivity contribution in [3.05, 3.63) is 90.1 Å². The molecule has 1 aliphatic heterocycles. The molecule has 0 unspecified atom stereocenters. The van der Waals surface area contributed by atoms with Gasteiger partial charge >= 0.3 is 0 Å². The lowest BCUT2D eigenvalue weighted by atomic mass is 10.1. The molecule has 0 saturated carbocycles. The van der Waals surface area contributed by atoms with E-state index in [-0.39, 0.29) is 0 Å². The van der Waals surface area contributed by atoms with Crippen molar-refractivity contribution in [2.24, 2.45) is 0 Å². The third kappa shape index (κ3) is 3.77. The number of hydrogen-bond donors (Lipinski definition) is 0. The average molecular weight is 367 g/mol. The molecule has 0 atom stereocenters. The molecule has 5 rings (SSSR count). The lowest BCUT2D eigenvalue weighted by Gasteiger charge is -2.34. The molecule has 3 nitrogen and oxygen atoms in total. The quantitative estimate of drug-likeness (QED) is 0.521. The van der Waals surface area contributed by atoms with Crippen molar-refractivity contribution < 1.29 is 0 Å². The van der Waals surface area contributed by atoms with Gasteiger partial charge in [0.2, 0.25) is 0 Å².